The summed E-state index contributed by atoms with van der Waals surface area (Å²) in [7, 11) is 0. The van der Waals surface area contributed by atoms with E-state index in [9.17, 15) is 19.5 Å². The van der Waals surface area contributed by atoms with E-state index in [0.29, 0.717) is 17.9 Å². The Morgan fingerprint density at radius 3 is 2.56 bits per heavy atom. The number of nitrogens with zero attached hydrogens (tertiary/aromatic N) is 2. The molecule has 2 unspecified atom stereocenters. The molecule has 1 aliphatic heterocycles. The summed E-state index contributed by atoms with van der Waals surface area (Å²) in [4.78, 5) is 41.0. The van der Waals surface area contributed by atoms with Crippen molar-refractivity contribution in [2.24, 2.45) is 5.92 Å². The maximum Gasteiger partial charge on any atom is 0.407 e. The van der Waals surface area contributed by atoms with Crippen LogP contribution >= 0.6 is 0 Å². The monoisotopic (exact) mass is 463 g/mol. The van der Waals surface area contributed by atoms with Crippen LogP contribution in [0, 0.1) is 12.8 Å². The smallest absolute Gasteiger partial charge is 0.407 e. The summed E-state index contributed by atoms with van der Waals surface area (Å²) in [5, 5.41) is 22.4. The van der Waals surface area contributed by atoms with Crippen molar-refractivity contribution in [3.63, 3.8) is 0 Å². The minimum absolute atomic E-state index is 0.161. The van der Waals surface area contributed by atoms with Gasteiger partial charge in [0.25, 0.3) is 5.91 Å². The normalized spacial score (nSPS) is 17.9. The van der Waals surface area contributed by atoms with Gasteiger partial charge in [-0.2, -0.15) is 0 Å². The van der Waals surface area contributed by atoms with E-state index in [0.717, 1.165) is 27.1 Å². The molecule has 1 aromatic heterocycles. The average Bonchev–Trinajstić information content (AvgIpc) is 2.82. The number of ether oxygens (including phenoxy) is 1. The largest absolute Gasteiger partial charge is 0.489 e. The third-order valence-corrected chi connectivity index (χ3v) is 5.96. The van der Waals surface area contributed by atoms with Crippen LogP contribution in [0.25, 0.3) is 10.9 Å². The van der Waals surface area contributed by atoms with E-state index in [1.807, 2.05) is 37.3 Å². The van der Waals surface area contributed by atoms with Crippen LogP contribution in [0.1, 0.15) is 28.0 Å². The van der Waals surface area contributed by atoms with Gasteiger partial charge in [0.15, 0.2) is 0 Å². The van der Waals surface area contributed by atoms with Crippen molar-refractivity contribution in [2.75, 3.05) is 13.1 Å². The number of carboxylic acid groups (broad SMARTS) is 2. The molecule has 9 nitrogen and oxygen atoms in total. The number of carboxylic acids is 1. The van der Waals surface area contributed by atoms with Gasteiger partial charge in [0.05, 0.1) is 11.4 Å². The highest BCUT2D eigenvalue weighted by molar-refractivity contribution is 5.95. The topological polar surface area (TPSA) is 129 Å². The van der Waals surface area contributed by atoms with Gasteiger partial charge in [-0.15, -0.1) is 0 Å². The number of benzene rings is 2. The van der Waals surface area contributed by atoms with E-state index in [2.05, 4.69) is 10.3 Å². The first-order valence-corrected chi connectivity index (χ1v) is 10.9. The lowest BCUT2D eigenvalue weighted by molar-refractivity contribution is -0.144. The molecule has 0 radical (unpaired) electrons. The Balaban J connectivity index is 1.39. The highest BCUT2D eigenvalue weighted by Crippen LogP contribution is 2.22. The minimum atomic E-state index is -1.17. The Bertz CT molecular complexity index is 1230. The Labute approximate surface area is 196 Å². The molecule has 3 N–H and O–H groups in total. The van der Waals surface area contributed by atoms with Gasteiger partial charge in [0.2, 0.25) is 0 Å². The van der Waals surface area contributed by atoms with Gasteiger partial charge in [-0.1, -0.05) is 18.2 Å². The molecular weight excluding hydrogens is 438 g/mol. The van der Waals surface area contributed by atoms with Crippen molar-refractivity contribution in [1.82, 2.24) is 15.2 Å². The summed E-state index contributed by atoms with van der Waals surface area (Å²) in [6.07, 6.45) is -0.934. The summed E-state index contributed by atoms with van der Waals surface area (Å²) >= 11 is 0. The lowest BCUT2D eigenvalue weighted by atomic mass is 9.92. The fourth-order valence-corrected chi connectivity index (χ4v) is 4.18. The van der Waals surface area contributed by atoms with E-state index >= 15 is 0 Å². The van der Waals surface area contributed by atoms with Crippen LogP contribution in [0.2, 0.25) is 0 Å². The average molecular weight is 463 g/mol. The number of carbonyl (C=O) groups excluding carboxylic acids is 1. The molecule has 0 bridgehead atoms. The summed E-state index contributed by atoms with van der Waals surface area (Å²) in [6, 6.07) is 15.8. The van der Waals surface area contributed by atoms with Gasteiger partial charge in [-0.3, -0.25) is 14.6 Å². The number of rotatable bonds is 6. The Morgan fingerprint density at radius 1 is 1.12 bits per heavy atom. The molecule has 2 aromatic carbocycles. The molecule has 1 fully saturated rings. The number of pyridine rings is 1. The maximum atomic E-state index is 12.7. The predicted molar refractivity (Wildman–Crippen MR) is 124 cm³/mol. The lowest BCUT2D eigenvalue weighted by Gasteiger charge is -2.35. The third-order valence-electron chi connectivity index (χ3n) is 5.96. The van der Waals surface area contributed by atoms with Gasteiger partial charge in [-0.25, -0.2) is 4.79 Å². The molecule has 0 saturated carbocycles. The summed E-state index contributed by atoms with van der Waals surface area (Å²) in [5.74, 6) is -1.97. The molecular formula is C25H25N3O6. The second kappa shape index (κ2) is 9.78. The van der Waals surface area contributed by atoms with Crippen molar-refractivity contribution in [3.8, 4) is 5.75 Å². The van der Waals surface area contributed by atoms with E-state index in [1.165, 1.54) is 0 Å². The van der Waals surface area contributed by atoms with Gasteiger partial charge in [0, 0.05) is 41.3 Å². The highest BCUT2D eigenvalue weighted by Gasteiger charge is 2.37. The molecule has 2 amide bonds. The van der Waals surface area contributed by atoms with Crippen LogP contribution < -0.4 is 10.1 Å². The molecule has 9 heteroatoms. The number of piperidine rings is 1. The molecule has 2 heterocycles. The van der Waals surface area contributed by atoms with Crippen molar-refractivity contribution in [3.05, 3.63) is 71.4 Å². The fraction of sp³-hybridized carbons (Fsp3) is 0.280. The van der Waals surface area contributed by atoms with Crippen LogP contribution in [0.4, 0.5) is 4.79 Å². The number of amides is 2. The fourth-order valence-electron chi connectivity index (χ4n) is 4.18. The Hall–Kier alpha value is -4.14. The van der Waals surface area contributed by atoms with Crippen LogP contribution in [0.5, 0.6) is 5.75 Å². The van der Waals surface area contributed by atoms with E-state index < -0.39 is 29.9 Å². The van der Waals surface area contributed by atoms with Crippen molar-refractivity contribution < 1.29 is 29.3 Å². The first-order chi connectivity index (χ1) is 16.3. The predicted octanol–water partition coefficient (Wildman–Crippen LogP) is 3.31. The molecule has 4 rings (SSSR count). The number of likely N-dealkylation sites (tertiary alicyclic amines) is 1. The number of carbonyl (C=O) groups is 3. The number of aliphatic carboxylic acids is 1. The third kappa shape index (κ3) is 5.09. The number of aromatic nitrogens is 1. The van der Waals surface area contributed by atoms with E-state index in [-0.39, 0.29) is 19.5 Å². The molecule has 176 valence electrons. The van der Waals surface area contributed by atoms with Crippen molar-refractivity contribution in [2.45, 2.75) is 26.0 Å². The van der Waals surface area contributed by atoms with Gasteiger partial charge < -0.3 is 25.2 Å². The standard InChI is InChI=1S/C25H25N3O6/c1-15-12-17(19-4-2-3-5-21(19)26-15)14-34-18-8-6-16(7-9-18)23(29)27-22-10-11-28(25(32)33)13-20(22)24(30)31/h2-9,12,20,22H,10-11,13-14H2,1H3,(H,27,29)(H,30,31)(H,32,33). The lowest BCUT2D eigenvalue weighted by Crippen LogP contribution is -2.54. The number of aryl methyl sites for hydroxylation is 1. The molecule has 0 spiro atoms. The minimum Gasteiger partial charge on any atom is -0.489 e. The second-order valence-corrected chi connectivity index (χ2v) is 8.29. The first kappa shape index (κ1) is 23.0. The zero-order valence-corrected chi connectivity index (χ0v) is 18.6. The SMILES string of the molecule is Cc1cc(COc2ccc(C(=O)NC3CCN(C(=O)O)CC3C(=O)O)cc2)c2ccccc2n1. The maximum absolute atomic E-state index is 12.7. The summed E-state index contributed by atoms with van der Waals surface area (Å²) in [6.45, 7) is 2.28. The van der Waals surface area contributed by atoms with Gasteiger partial charge in [0.1, 0.15) is 12.4 Å². The Morgan fingerprint density at radius 2 is 1.85 bits per heavy atom. The van der Waals surface area contributed by atoms with Crippen LogP contribution in [0.15, 0.2) is 54.6 Å². The number of hydrogen-bond donors (Lipinski definition) is 3. The summed E-state index contributed by atoms with van der Waals surface area (Å²) in [5.41, 5.74) is 3.18. The highest BCUT2D eigenvalue weighted by atomic mass is 16.5. The number of hydrogen-bond acceptors (Lipinski definition) is 5. The quantitative estimate of drug-likeness (QED) is 0.511. The van der Waals surface area contributed by atoms with Gasteiger partial charge >= 0.3 is 12.1 Å². The van der Waals surface area contributed by atoms with Crippen LogP contribution in [-0.2, 0) is 11.4 Å². The second-order valence-electron chi connectivity index (χ2n) is 8.29. The van der Waals surface area contributed by atoms with E-state index in [1.54, 1.807) is 24.3 Å². The zero-order valence-electron chi connectivity index (χ0n) is 18.6. The Kier molecular flexibility index (Phi) is 6.62. The number of para-hydroxylation sites is 1. The molecule has 1 saturated heterocycles. The van der Waals surface area contributed by atoms with Crippen molar-refractivity contribution >= 4 is 28.9 Å². The van der Waals surface area contributed by atoms with Crippen LogP contribution in [-0.4, -0.2) is 57.2 Å². The zero-order chi connectivity index (χ0) is 24.2. The molecule has 2 atom stereocenters. The number of fused-ring (bicyclic) bond motifs is 1. The number of nitrogens with one attached hydrogen (secondary N) is 1. The van der Waals surface area contributed by atoms with Crippen LogP contribution in [0.3, 0.4) is 0 Å². The molecule has 3 aromatic rings. The molecule has 1 aliphatic rings. The summed E-state index contributed by atoms with van der Waals surface area (Å²) < 4.78 is 5.92. The molecule has 0 aliphatic carbocycles. The van der Waals surface area contributed by atoms with Gasteiger partial charge in [-0.05, 0) is 49.7 Å². The first-order valence-electron chi connectivity index (χ1n) is 10.9. The van der Waals surface area contributed by atoms with Crippen molar-refractivity contribution in [1.29, 1.82) is 0 Å². The van der Waals surface area contributed by atoms with E-state index in [4.69, 9.17) is 9.84 Å². The molecule has 34 heavy (non-hydrogen) atoms.